The van der Waals surface area contributed by atoms with E-state index in [4.69, 9.17) is 0 Å². The van der Waals surface area contributed by atoms with E-state index >= 15 is 0 Å². The Bertz CT molecular complexity index is 1270. The van der Waals surface area contributed by atoms with Gasteiger partial charge in [-0.25, -0.2) is 9.59 Å². The molecule has 0 aromatic carbocycles. The van der Waals surface area contributed by atoms with Gasteiger partial charge in [-0.1, -0.05) is 73.3 Å². The molecule has 2 saturated carbocycles. The maximum atomic E-state index is 14.6. The Kier molecular flexibility index (Phi) is 12.4. The molecular weight excluding hydrogens is 626 g/mol. The molecule has 6 atom stereocenters. The number of carbonyl (C=O) groups excluding carboxylic acids is 6. The van der Waals surface area contributed by atoms with Gasteiger partial charge in [-0.05, 0) is 54.3 Å². The number of carbonyl (C=O) groups is 6. The monoisotopic (exact) mass is 685 g/mol. The molecule has 0 aromatic rings. The van der Waals surface area contributed by atoms with Gasteiger partial charge in [0.05, 0.1) is 12.1 Å². The van der Waals surface area contributed by atoms with Crippen LogP contribution < -0.4 is 26.6 Å². The fourth-order valence-electron chi connectivity index (χ4n) is 8.02. The second-order valence-electron chi connectivity index (χ2n) is 16.0. The molecule has 0 bridgehead atoms. The highest BCUT2D eigenvalue weighted by molar-refractivity contribution is 6.38. The first-order chi connectivity index (χ1) is 23.1. The van der Waals surface area contributed by atoms with Crippen LogP contribution in [-0.4, -0.2) is 102 Å². The largest absolute Gasteiger partial charge is 0.346 e. The van der Waals surface area contributed by atoms with Crippen molar-refractivity contribution in [3.63, 3.8) is 0 Å². The van der Waals surface area contributed by atoms with Crippen LogP contribution in [0, 0.1) is 28.6 Å². The number of rotatable bonds is 14. The molecule has 7 amide bonds. The lowest BCUT2D eigenvalue weighted by Crippen LogP contribution is -2.62. The number of ketones is 1. The lowest BCUT2D eigenvalue weighted by Gasteiger charge is -2.39. The Morgan fingerprint density at radius 2 is 1.73 bits per heavy atom. The first kappa shape index (κ1) is 38.2. The number of piperidine rings is 1. The summed E-state index contributed by atoms with van der Waals surface area (Å²) in [6.07, 6.45) is 7.67. The summed E-state index contributed by atoms with van der Waals surface area (Å²) in [5.74, 6) is -2.36. The van der Waals surface area contributed by atoms with E-state index in [0.717, 1.165) is 38.5 Å². The van der Waals surface area contributed by atoms with Gasteiger partial charge in [0.1, 0.15) is 12.1 Å². The molecule has 5 N–H and O–H groups in total. The first-order valence-corrected chi connectivity index (χ1v) is 18.2. The Labute approximate surface area is 291 Å². The van der Waals surface area contributed by atoms with E-state index < -0.39 is 41.8 Å². The van der Waals surface area contributed by atoms with Crippen LogP contribution in [0.4, 0.5) is 9.59 Å². The summed E-state index contributed by atoms with van der Waals surface area (Å²) in [4.78, 5) is 83.8. The molecule has 4 aliphatic rings. The molecule has 2 saturated heterocycles. The van der Waals surface area contributed by atoms with Crippen LogP contribution in [0.2, 0.25) is 0 Å². The molecule has 0 radical (unpaired) electrons. The summed E-state index contributed by atoms with van der Waals surface area (Å²) in [5, 5.41) is 14.3. The van der Waals surface area contributed by atoms with Crippen molar-refractivity contribution in [2.45, 2.75) is 117 Å². The Hall–Kier alpha value is -3.64. The molecule has 2 heterocycles. The molecule has 49 heavy (non-hydrogen) atoms. The number of nitrogens with one attached hydrogen (secondary N) is 5. The number of urea groups is 2. The summed E-state index contributed by atoms with van der Waals surface area (Å²) >= 11 is 0. The standard InChI is InChI=1S/C36H59N7O6/c1-8-14-24(29(44)31(46)37-17-9-2)39-30(45)28-26-23(36(26,6)7)20-43(28)32(47)27(22-15-11-10-12-16-22)41-33(48)40-25(35(3,4)5)21-42-19-13-18-38-34(42)49/h9,22-28H,2,8,10-21H2,1,3-7H3,(H,37,46)(H,38,49)(H,39,45)(H2,40,41,48)/t23-,24?,25+,26-,27-,28-/m0/s1. The van der Waals surface area contributed by atoms with E-state index in [0.29, 0.717) is 32.6 Å². The summed E-state index contributed by atoms with van der Waals surface area (Å²) in [5.41, 5.74) is -0.546. The molecule has 4 rings (SSSR count). The van der Waals surface area contributed by atoms with Crippen LogP contribution in [0.1, 0.15) is 92.9 Å². The summed E-state index contributed by atoms with van der Waals surface area (Å²) in [6.45, 7) is 17.7. The number of hydrogen-bond acceptors (Lipinski definition) is 6. The quantitative estimate of drug-likeness (QED) is 0.139. The highest BCUT2D eigenvalue weighted by Gasteiger charge is 2.69. The third-order valence-corrected chi connectivity index (χ3v) is 11.2. The minimum atomic E-state index is -1.02. The number of likely N-dealkylation sites (tertiary alicyclic amines) is 1. The van der Waals surface area contributed by atoms with Gasteiger partial charge < -0.3 is 36.4 Å². The van der Waals surface area contributed by atoms with E-state index in [1.807, 2.05) is 27.7 Å². The van der Waals surface area contributed by atoms with Gasteiger partial charge in [-0.2, -0.15) is 0 Å². The zero-order valence-electron chi connectivity index (χ0n) is 30.4. The lowest BCUT2D eigenvalue weighted by atomic mass is 9.83. The highest BCUT2D eigenvalue weighted by Crippen LogP contribution is 2.65. The van der Waals surface area contributed by atoms with Gasteiger partial charge >= 0.3 is 12.1 Å². The van der Waals surface area contributed by atoms with Gasteiger partial charge in [0, 0.05) is 32.7 Å². The van der Waals surface area contributed by atoms with Crippen LogP contribution in [0.5, 0.6) is 0 Å². The number of fused-ring (bicyclic) bond motifs is 1. The van der Waals surface area contributed by atoms with E-state index in [2.05, 4.69) is 47.0 Å². The van der Waals surface area contributed by atoms with E-state index in [9.17, 15) is 28.8 Å². The minimum Gasteiger partial charge on any atom is -0.346 e. The van der Waals surface area contributed by atoms with Crippen molar-refractivity contribution < 1.29 is 28.8 Å². The maximum absolute atomic E-state index is 14.6. The van der Waals surface area contributed by atoms with Gasteiger partial charge in [-0.3, -0.25) is 19.2 Å². The average molecular weight is 686 g/mol. The topological polar surface area (TPSA) is 169 Å². The fraction of sp³-hybridized carbons (Fsp3) is 0.778. The van der Waals surface area contributed by atoms with Crippen molar-refractivity contribution in [1.82, 2.24) is 36.4 Å². The third-order valence-electron chi connectivity index (χ3n) is 11.2. The van der Waals surface area contributed by atoms with Crippen LogP contribution in [-0.2, 0) is 19.2 Å². The molecule has 0 spiro atoms. The van der Waals surface area contributed by atoms with Gasteiger partial charge in [0.15, 0.2) is 0 Å². The Morgan fingerprint density at radius 1 is 1.04 bits per heavy atom. The van der Waals surface area contributed by atoms with Crippen molar-refractivity contribution in [2.24, 2.45) is 28.6 Å². The normalized spacial score (nSPS) is 25.2. The van der Waals surface area contributed by atoms with E-state index in [1.165, 1.54) is 6.08 Å². The van der Waals surface area contributed by atoms with Crippen molar-refractivity contribution in [3.8, 4) is 0 Å². The second kappa shape index (κ2) is 15.9. The Morgan fingerprint density at radius 3 is 2.35 bits per heavy atom. The molecule has 0 aromatic heterocycles. The summed E-state index contributed by atoms with van der Waals surface area (Å²) in [6, 6.07) is -3.70. The molecule has 2 aliphatic heterocycles. The number of amides is 7. The zero-order chi connectivity index (χ0) is 36.1. The molecule has 4 fully saturated rings. The molecule has 274 valence electrons. The van der Waals surface area contributed by atoms with Gasteiger partial charge in [-0.15, -0.1) is 6.58 Å². The smallest absolute Gasteiger partial charge is 0.317 e. The number of nitrogens with zero attached hydrogens (tertiary/aromatic N) is 2. The van der Waals surface area contributed by atoms with E-state index in [-0.39, 0.29) is 59.5 Å². The summed E-state index contributed by atoms with van der Waals surface area (Å²) in [7, 11) is 0. The fourth-order valence-corrected chi connectivity index (χ4v) is 8.02. The number of Topliss-reactive ketones (excluding diaryl/α,β-unsaturated/α-hetero) is 1. The van der Waals surface area contributed by atoms with Crippen molar-refractivity contribution in [1.29, 1.82) is 0 Å². The average Bonchev–Trinajstić information content (AvgIpc) is 3.36. The second-order valence-corrected chi connectivity index (χ2v) is 16.0. The number of hydrogen-bond donors (Lipinski definition) is 5. The van der Waals surface area contributed by atoms with E-state index in [1.54, 1.807) is 9.80 Å². The first-order valence-electron chi connectivity index (χ1n) is 18.2. The predicted octanol–water partition coefficient (Wildman–Crippen LogP) is 2.70. The van der Waals surface area contributed by atoms with Crippen molar-refractivity contribution >= 4 is 35.6 Å². The molecular formula is C36H59N7O6. The van der Waals surface area contributed by atoms with Crippen LogP contribution in [0.3, 0.4) is 0 Å². The van der Waals surface area contributed by atoms with Crippen LogP contribution >= 0.6 is 0 Å². The maximum Gasteiger partial charge on any atom is 0.317 e. The third kappa shape index (κ3) is 8.94. The zero-order valence-corrected chi connectivity index (χ0v) is 30.4. The molecule has 13 heteroatoms. The van der Waals surface area contributed by atoms with Crippen LogP contribution in [0.25, 0.3) is 0 Å². The summed E-state index contributed by atoms with van der Waals surface area (Å²) < 4.78 is 0. The van der Waals surface area contributed by atoms with Crippen molar-refractivity contribution in [2.75, 3.05) is 32.7 Å². The molecule has 1 unspecified atom stereocenters. The van der Waals surface area contributed by atoms with Gasteiger partial charge in [0.2, 0.25) is 17.6 Å². The predicted molar refractivity (Wildman–Crippen MR) is 186 cm³/mol. The highest BCUT2D eigenvalue weighted by atomic mass is 16.2. The van der Waals surface area contributed by atoms with Gasteiger partial charge in [0.25, 0.3) is 5.91 Å². The minimum absolute atomic E-state index is 0.0930. The molecule has 13 nitrogen and oxygen atoms in total. The Balaban J connectivity index is 1.54. The van der Waals surface area contributed by atoms with Crippen molar-refractivity contribution in [3.05, 3.63) is 12.7 Å². The van der Waals surface area contributed by atoms with Crippen LogP contribution in [0.15, 0.2) is 12.7 Å². The lowest BCUT2D eigenvalue weighted by molar-refractivity contribution is -0.144. The SMILES string of the molecule is C=CCNC(=O)C(=O)C(CCC)NC(=O)[C@@H]1[C@@H]2[C@H](CN1C(=O)[C@@H](NC(=O)N[C@H](CN1CCCNC1=O)C(C)(C)C)C1CCCCC1)C2(C)C. The molecule has 2 aliphatic carbocycles.